The molecule has 86 valence electrons. The van der Waals surface area contributed by atoms with E-state index in [4.69, 9.17) is 0 Å². The zero-order valence-corrected chi connectivity index (χ0v) is 10.0. The van der Waals surface area contributed by atoms with Crippen LogP contribution in [0.4, 0.5) is 0 Å². The lowest BCUT2D eigenvalue weighted by molar-refractivity contribution is -0.123. The molecule has 2 unspecified atom stereocenters. The van der Waals surface area contributed by atoms with Crippen LogP contribution in [0.5, 0.6) is 0 Å². The van der Waals surface area contributed by atoms with Gasteiger partial charge in [-0.1, -0.05) is 6.42 Å². The van der Waals surface area contributed by atoms with Crippen molar-refractivity contribution in [3.63, 3.8) is 0 Å². The van der Waals surface area contributed by atoms with Crippen molar-refractivity contribution in [3.05, 3.63) is 0 Å². The summed E-state index contributed by atoms with van der Waals surface area (Å²) < 4.78 is 0. The second kappa shape index (κ2) is 4.65. The second-order valence-electron chi connectivity index (χ2n) is 5.36. The molecule has 1 saturated carbocycles. The highest BCUT2D eigenvalue weighted by molar-refractivity contribution is 5.83. The summed E-state index contributed by atoms with van der Waals surface area (Å²) in [5.41, 5.74) is 0. The molecular weight excluding hydrogens is 186 g/mol. The molecule has 0 amide bonds. The van der Waals surface area contributed by atoms with Crippen LogP contribution in [0.3, 0.4) is 0 Å². The monoisotopic (exact) mass is 209 g/mol. The van der Waals surface area contributed by atoms with E-state index in [0.29, 0.717) is 23.8 Å². The Morgan fingerprint density at radius 2 is 2.00 bits per heavy atom. The average molecular weight is 209 g/mol. The molecule has 2 nitrogen and oxygen atoms in total. The van der Waals surface area contributed by atoms with Crippen molar-refractivity contribution in [1.29, 1.82) is 0 Å². The van der Waals surface area contributed by atoms with Crippen molar-refractivity contribution in [2.75, 3.05) is 6.54 Å². The van der Waals surface area contributed by atoms with Crippen molar-refractivity contribution in [2.24, 2.45) is 5.92 Å². The van der Waals surface area contributed by atoms with Crippen LogP contribution in [-0.4, -0.2) is 29.3 Å². The maximum atomic E-state index is 11.8. The number of likely N-dealkylation sites (tertiary alicyclic amines) is 1. The van der Waals surface area contributed by atoms with Crippen LogP contribution in [0.15, 0.2) is 0 Å². The third-order valence-corrected chi connectivity index (χ3v) is 4.07. The molecule has 2 heteroatoms. The summed E-state index contributed by atoms with van der Waals surface area (Å²) >= 11 is 0. The predicted octanol–water partition coefficient (Wildman–Crippen LogP) is 2.62. The van der Waals surface area contributed by atoms with Crippen molar-refractivity contribution in [1.82, 2.24) is 4.90 Å². The van der Waals surface area contributed by atoms with Gasteiger partial charge in [-0.15, -0.1) is 0 Å². The van der Waals surface area contributed by atoms with Crippen LogP contribution in [-0.2, 0) is 4.79 Å². The van der Waals surface area contributed by atoms with Crippen molar-refractivity contribution < 1.29 is 4.79 Å². The molecule has 1 heterocycles. The Hall–Kier alpha value is -0.370. The fraction of sp³-hybridized carbons (Fsp3) is 0.923. The molecule has 0 radical (unpaired) electrons. The van der Waals surface area contributed by atoms with Crippen LogP contribution in [0.2, 0.25) is 0 Å². The van der Waals surface area contributed by atoms with Crippen LogP contribution >= 0.6 is 0 Å². The minimum absolute atomic E-state index is 0.368. The minimum Gasteiger partial charge on any atom is -0.299 e. The van der Waals surface area contributed by atoms with Crippen LogP contribution < -0.4 is 0 Å². The highest BCUT2D eigenvalue weighted by Crippen LogP contribution is 2.33. The van der Waals surface area contributed by atoms with E-state index in [9.17, 15) is 4.79 Å². The summed E-state index contributed by atoms with van der Waals surface area (Å²) in [5, 5.41) is 0. The summed E-state index contributed by atoms with van der Waals surface area (Å²) in [6.07, 6.45) is 6.99. The molecule has 0 N–H and O–H groups in total. The summed E-state index contributed by atoms with van der Waals surface area (Å²) in [4.78, 5) is 14.4. The molecule has 2 aliphatic rings. The van der Waals surface area contributed by atoms with Gasteiger partial charge in [-0.25, -0.2) is 0 Å². The molecule has 2 atom stereocenters. The van der Waals surface area contributed by atoms with Gasteiger partial charge in [0.1, 0.15) is 5.78 Å². The molecule has 1 aliphatic heterocycles. The van der Waals surface area contributed by atoms with E-state index in [0.717, 1.165) is 19.3 Å². The van der Waals surface area contributed by atoms with Gasteiger partial charge in [0, 0.05) is 24.4 Å². The Labute approximate surface area is 93.0 Å². The Bertz CT molecular complexity index is 237. The van der Waals surface area contributed by atoms with Crippen molar-refractivity contribution in [3.8, 4) is 0 Å². The van der Waals surface area contributed by atoms with Crippen LogP contribution in [0.25, 0.3) is 0 Å². The first-order valence-corrected chi connectivity index (χ1v) is 6.48. The van der Waals surface area contributed by atoms with E-state index >= 15 is 0 Å². The number of Topliss-reactive ketones (excluding diaryl/α,β-unsaturated/α-hetero) is 1. The quantitative estimate of drug-likeness (QED) is 0.697. The molecule has 15 heavy (non-hydrogen) atoms. The summed E-state index contributed by atoms with van der Waals surface area (Å²) in [6.45, 7) is 5.72. The number of rotatable bonds is 2. The lowest BCUT2D eigenvalue weighted by Crippen LogP contribution is -2.48. The molecule has 2 fully saturated rings. The Kier molecular flexibility index (Phi) is 3.45. The highest BCUT2D eigenvalue weighted by Gasteiger charge is 2.37. The van der Waals surface area contributed by atoms with E-state index < -0.39 is 0 Å². The fourth-order valence-electron chi connectivity index (χ4n) is 3.30. The topological polar surface area (TPSA) is 20.3 Å². The van der Waals surface area contributed by atoms with E-state index in [2.05, 4.69) is 18.7 Å². The molecule has 1 saturated heterocycles. The average Bonchev–Trinajstić information content (AvgIpc) is 2.64. The SMILES string of the molecule is CC(C)N1CCCCC1C1CCCC1=O. The van der Waals surface area contributed by atoms with E-state index in [1.165, 1.54) is 25.8 Å². The number of ketones is 1. The molecule has 0 aromatic heterocycles. The Morgan fingerprint density at radius 3 is 2.60 bits per heavy atom. The first-order chi connectivity index (χ1) is 7.20. The third-order valence-electron chi connectivity index (χ3n) is 4.07. The first kappa shape index (κ1) is 11.1. The number of hydrogen-bond acceptors (Lipinski definition) is 2. The Morgan fingerprint density at radius 1 is 1.20 bits per heavy atom. The van der Waals surface area contributed by atoms with Crippen molar-refractivity contribution in [2.45, 2.75) is 64.5 Å². The number of piperidine rings is 1. The maximum Gasteiger partial charge on any atom is 0.137 e. The molecule has 0 spiro atoms. The van der Waals surface area contributed by atoms with Crippen molar-refractivity contribution >= 4 is 5.78 Å². The van der Waals surface area contributed by atoms with E-state index in [-0.39, 0.29) is 0 Å². The minimum atomic E-state index is 0.368. The van der Waals surface area contributed by atoms with Gasteiger partial charge in [0.05, 0.1) is 0 Å². The number of carbonyl (C=O) groups is 1. The summed E-state index contributed by atoms with van der Waals surface area (Å²) in [6, 6.07) is 1.16. The largest absolute Gasteiger partial charge is 0.299 e. The molecule has 0 aromatic carbocycles. The van der Waals surface area contributed by atoms with Crippen LogP contribution in [0.1, 0.15) is 52.4 Å². The smallest absolute Gasteiger partial charge is 0.137 e. The molecular formula is C13H23NO. The lowest BCUT2D eigenvalue weighted by Gasteiger charge is -2.41. The van der Waals surface area contributed by atoms with Gasteiger partial charge in [-0.2, -0.15) is 0 Å². The zero-order valence-electron chi connectivity index (χ0n) is 10.0. The standard InChI is InChI=1S/C13H23NO/c1-10(2)14-9-4-3-7-12(14)11-6-5-8-13(11)15/h10-12H,3-9H2,1-2H3. The van der Waals surface area contributed by atoms with Gasteiger partial charge >= 0.3 is 0 Å². The third kappa shape index (κ3) is 2.25. The summed E-state index contributed by atoms with van der Waals surface area (Å²) in [5.74, 6) is 0.903. The van der Waals surface area contributed by atoms with Gasteiger partial charge in [0.2, 0.25) is 0 Å². The van der Waals surface area contributed by atoms with E-state index in [1.807, 2.05) is 0 Å². The first-order valence-electron chi connectivity index (χ1n) is 6.48. The molecule has 0 aromatic rings. The fourth-order valence-corrected chi connectivity index (χ4v) is 3.30. The van der Waals surface area contributed by atoms with Gasteiger partial charge in [-0.3, -0.25) is 9.69 Å². The lowest BCUT2D eigenvalue weighted by atomic mass is 9.87. The molecule has 0 bridgehead atoms. The van der Waals surface area contributed by atoms with Gasteiger partial charge in [0.25, 0.3) is 0 Å². The number of hydrogen-bond donors (Lipinski definition) is 0. The van der Waals surface area contributed by atoms with Crippen LogP contribution in [0, 0.1) is 5.92 Å². The predicted molar refractivity (Wildman–Crippen MR) is 61.8 cm³/mol. The molecule has 2 rings (SSSR count). The maximum absolute atomic E-state index is 11.8. The van der Waals surface area contributed by atoms with Gasteiger partial charge < -0.3 is 0 Å². The van der Waals surface area contributed by atoms with Gasteiger partial charge in [0.15, 0.2) is 0 Å². The molecule has 1 aliphatic carbocycles. The van der Waals surface area contributed by atoms with E-state index in [1.54, 1.807) is 0 Å². The summed E-state index contributed by atoms with van der Waals surface area (Å²) in [7, 11) is 0. The van der Waals surface area contributed by atoms with Gasteiger partial charge in [-0.05, 0) is 46.1 Å². The second-order valence-corrected chi connectivity index (χ2v) is 5.36. The number of nitrogens with zero attached hydrogens (tertiary/aromatic N) is 1. The number of carbonyl (C=O) groups excluding carboxylic acids is 1. The normalized spacial score (nSPS) is 33.9. The zero-order chi connectivity index (χ0) is 10.8. The Balaban J connectivity index is 2.06. The highest BCUT2D eigenvalue weighted by atomic mass is 16.1.